The zero-order chi connectivity index (χ0) is 10.0. The number of rotatable bonds is 2. The summed E-state index contributed by atoms with van der Waals surface area (Å²) in [5.41, 5.74) is 0. The number of thioether (sulfide) groups is 1. The average molecular weight is 216 g/mol. The van der Waals surface area contributed by atoms with Gasteiger partial charge in [-0.1, -0.05) is 0 Å². The zero-order valence-corrected chi connectivity index (χ0v) is 9.68. The number of hydrogen-bond donors (Lipinski definition) is 1. The lowest BCUT2D eigenvalue weighted by Crippen LogP contribution is -2.45. The molecule has 2 fully saturated rings. The maximum atomic E-state index is 9.35. The van der Waals surface area contributed by atoms with E-state index in [1.54, 1.807) is 0 Å². The van der Waals surface area contributed by atoms with Crippen molar-refractivity contribution in [3.05, 3.63) is 0 Å². The molecule has 0 aromatic carbocycles. The van der Waals surface area contributed by atoms with E-state index in [1.165, 1.54) is 18.6 Å². The monoisotopic (exact) mass is 216 g/mol. The SMILES string of the molecule is CC1(C2OCCCC2CO)CCCS1. The van der Waals surface area contributed by atoms with Gasteiger partial charge in [0.2, 0.25) is 0 Å². The molecule has 14 heavy (non-hydrogen) atoms. The largest absolute Gasteiger partial charge is 0.396 e. The summed E-state index contributed by atoms with van der Waals surface area (Å²) < 4.78 is 6.16. The molecule has 2 heterocycles. The fraction of sp³-hybridized carbons (Fsp3) is 1.00. The summed E-state index contributed by atoms with van der Waals surface area (Å²) in [6.45, 7) is 3.49. The highest BCUT2D eigenvalue weighted by atomic mass is 32.2. The van der Waals surface area contributed by atoms with E-state index in [1.807, 2.05) is 11.8 Å². The highest BCUT2D eigenvalue weighted by Gasteiger charge is 2.43. The van der Waals surface area contributed by atoms with Crippen LogP contribution in [0.3, 0.4) is 0 Å². The van der Waals surface area contributed by atoms with Crippen LogP contribution < -0.4 is 0 Å². The Kier molecular flexibility index (Phi) is 3.40. The van der Waals surface area contributed by atoms with E-state index in [9.17, 15) is 5.11 Å². The second-order valence-corrected chi connectivity index (χ2v) is 6.27. The van der Waals surface area contributed by atoms with Gasteiger partial charge < -0.3 is 9.84 Å². The maximum absolute atomic E-state index is 9.35. The first kappa shape index (κ1) is 10.8. The third kappa shape index (κ3) is 1.95. The number of aliphatic hydroxyl groups excluding tert-OH is 1. The van der Waals surface area contributed by atoms with Gasteiger partial charge in [0.15, 0.2) is 0 Å². The molecule has 1 N–H and O–H groups in total. The molecule has 0 spiro atoms. The van der Waals surface area contributed by atoms with Gasteiger partial charge in [0.25, 0.3) is 0 Å². The molecule has 0 amide bonds. The van der Waals surface area contributed by atoms with Crippen molar-refractivity contribution in [2.24, 2.45) is 5.92 Å². The Hall–Kier alpha value is 0.270. The summed E-state index contributed by atoms with van der Waals surface area (Å²) in [6.07, 6.45) is 5.09. The molecule has 3 heteroatoms. The van der Waals surface area contributed by atoms with Crippen LogP contribution in [-0.2, 0) is 4.74 Å². The number of ether oxygens (including phenoxy) is 1. The molecule has 2 aliphatic rings. The standard InChI is InChI=1S/C11H20O2S/c1-11(5-3-7-14-11)10-9(8-12)4-2-6-13-10/h9-10,12H,2-8H2,1H3. The molecule has 2 saturated heterocycles. The van der Waals surface area contributed by atoms with Gasteiger partial charge in [-0.3, -0.25) is 0 Å². The fourth-order valence-corrected chi connectivity index (χ4v) is 4.20. The quantitative estimate of drug-likeness (QED) is 0.766. The van der Waals surface area contributed by atoms with Crippen LogP contribution in [0.5, 0.6) is 0 Å². The summed E-state index contributed by atoms with van der Waals surface area (Å²) in [5, 5.41) is 9.35. The summed E-state index contributed by atoms with van der Waals surface area (Å²) >= 11 is 2.03. The van der Waals surface area contributed by atoms with Crippen molar-refractivity contribution in [2.75, 3.05) is 19.0 Å². The molecule has 0 bridgehead atoms. The highest BCUT2D eigenvalue weighted by Crippen LogP contribution is 2.45. The molecule has 0 aliphatic carbocycles. The Labute approximate surface area is 90.4 Å². The third-order valence-corrected chi connectivity index (χ3v) is 5.12. The van der Waals surface area contributed by atoms with Gasteiger partial charge in [0.1, 0.15) is 0 Å². The predicted octanol–water partition coefficient (Wildman–Crippen LogP) is 2.06. The lowest BCUT2D eigenvalue weighted by molar-refractivity contribution is -0.0615. The highest BCUT2D eigenvalue weighted by molar-refractivity contribution is 8.00. The van der Waals surface area contributed by atoms with E-state index in [0.717, 1.165) is 19.4 Å². The van der Waals surface area contributed by atoms with E-state index in [0.29, 0.717) is 12.5 Å². The summed E-state index contributed by atoms with van der Waals surface area (Å²) in [6, 6.07) is 0. The number of hydrogen-bond acceptors (Lipinski definition) is 3. The van der Waals surface area contributed by atoms with Crippen LogP contribution in [0.4, 0.5) is 0 Å². The molecule has 3 atom stereocenters. The fourth-order valence-electron chi connectivity index (χ4n) is 2.73. The molecule has 3 unspecified atom stereocenters. The van der Waals surface area contributed by atoms with Crippen LogP contribution in [0.2, 0.25) is 0 Å². The molecule has 82 valence electrons. The van der Waals surface area contributed by atoms with Crippen LogP contribution in [0, 0.1) is 5.92 Å². The lowest BCUT2D eigenvalue weighted by atomic mass is 9.84. The van der Waals surface area contributed by atoms with Crippen molar-refractivity contribution >= 4 is 11.8 Å². The van der Waals surface area contributed by atoms with Crippen molar-refractivity contribution in [2.45, 2.75) is 43.5 Å². The van der Waals surface area contributed by atoms with Gasteiger partial charge >= 0.3 is 0 Å². The maximum Gasteiger partial charge on any atom is 0.0768 e. The van der Waals surface area contributed by atoms with Crippen LogP contribution in [-0.4, -0.2) is 34.9 Å². The van der Waals surface area contributed by atoms with E-state index in [4.69, 9.17) is 4.74 Å². The van der Waals surface area contributed by atoms with Crippen molar-refractivity contribution < 1.29 is 9.84 Å². The Morgan fingerprint density at radius 3 is 3.00 bits per heavy atom. The molecule has 2 nitrogen and oxygen atoms in total. The minimum atomic E-state index is 0.272. The summed E-state index contributed by atoms with van der Waals surface area (Å²) in [7, 11) is 0. The van der Waals surface area contributed by atoms with Gasteiger partial charge in [0, 0.05) is 23.9 Å². The predicted molar refractivity (Wildman–Crippen MR) is 59.6 cm³/mol. The summed E-state index contributed by atoms with van der Waals surface area (Å²) in [5.74, 6) is 1.63. The zero-order valence-electron chi connectivity index (χ0n) is 8.87. The van der Waals surface area contributed by atoms with Crippen molar-refractivity contribution in [1.29, 1.82) is 0 Å². The second kappa shape index (κ2) is 4.42. The molecule has 0 aromatic heterocycles. The van der Waals surface area contributed by atoms with Gasteiger partial charge in [-0.2, -0.15) is 11.8 Å². The Balaban J connectivity index is 2.05. The minimum Gasteiger partial charge on any atom is -0.396 e. The molecular formula is C11H20O2S. The third-order valence-electron chi connectivity index (χ3n) is 3.53. The van der Waals surface area contributed by atoms with Crippen LogP contribution in [0.15, 0.2) is 0 Å². The van der Waals surface area contributed by atoms with E-state index in [-0.39, 0.29) is 10.9 Å². The van der Waals surface area contributed by atoms with Gasteiger partial charge in [-0.05, 0) is 38.4 Å². The van der Waals surface area contributed by atoms with Crippen molar-refractivity contribution in [1.82, 2.24) is 0 Å². The van der Waals surface area contributed by atoms with E-state index < -0.39 is 0 Å². The lowest BCUT2D eigenvalue weighted by Gasteiger charge is -2.40. The Bertz CT molecular complexity index is 190. The van der Waals surface area contributed by atoms with Crippen molar-refractivity contribution in [3.8, 4) is 0 Å². The first-order valence-electron chi connectivity index (χ1n) is 5.63. The molecule has 0 saturated carbocycles. The topological polar surface area (TPSA) is 29.5 Å². The molecule has 0 radical (unpaired) electrons. The Morgan fingerprint density at radius 2 is 2.36 bits per heavy atom. The molecule has 2 aliphatic heterocycles. The van der Waals surface area contributed by atoms with Gasteiger partial charge in [-0.25, -0.2) is 0 Å². The Morgan fingerprint density at radius 1 is 1.50 bits per heavy atom. The molecule has 0 aromatic rings. The molecule has 2 rings (SSSR count). The van der Waals surface area contributed by atoms with Crippen LogP contribution in [0.25, 0.3) is 0 Å². The van der Waals surface area contributed by atoms with Crippen LogP contribution in [0.1, 0.15) is 32.6 Å². The average Bonchev–Trinajstić information content (AvgIpc) is 2.66. The first-order valence-corrected chi connectivity index (χ1v) is 6.61. The van der Waals surface area contributed by atoms with Crippen molar-refractivity contribution in [3.63, 3.8) is 0 Å². The van der Waals surface area contributed by atoms with Crippen LogP contribution >= 0.6 is 11.8 Å². The first-order chi connectivity index (χ1) is 6.76. The van der Waals surface area contributed by atoms with E-state index >= 15 is 0 Å². The number of aliphatic hydroxyl groups is 1. The molecular weight excluding hydrogens is 196 g/mol. The van der Waals surface area contributed by atoms with Gasteiger partial charge in [0.05, 0.1) is 6.10 Å². The smallest absolute Gasteiger partial charge is 0.0768 e. The second-order valence-electron chi connectivity index (χ2n) is 4.64. The van der Waals surface area contributed by atoms with E-state index in [2.05, 4.69) is 6.92 Å². The summed E-state index contributed by atoms with van der Waals surface area (Å²) in [4.78, 5) is 0. The minimum absolute atomic E-state index is 0.272. The van der Waals surface area contributed by atoms with Gasteiger partial charge in [-0.15, -0.1) is 0 Å². The normalized spacial score (nSPS) is 44.1.